The molecule has 0 bridgehead atoms. The van der Waals surface area contributed by atoms with Crippen molar-refractivity contribution in [2.24, 2.45) is 0 Å². The summed E-state index contributed by atoms with van der Waals surface area (Å²) in [6, 6.07) is 10.6. The third-order valence-corrected chi connectivity index (χ3v) is 4.56. The first-order valence-corrected chi connectivity index (χ1v) is 9.41. The highest BCUT2D eigenvalue weighted by Gasteiger charge is 2.30. The number of hydrogen-bond donors (Lipinski definition) is 2. The van der Waals surface area contributed by atoms with Gasteiger partial charge in [0.15, 0.2) is 0 Å². The number of amides is 1. The lowest BCUT2D eigenvalue weighted by Crippen LogP contribution is -2.42. The maximum Gasteiger partial charge on any atom is 0.408 e. The number of nitrogens with one attached hydrogen (secondary N) is 1. The summed E-state index contributed by atoms with van der Waals surface area (Å²) in [4.78, 5) is 49.0. The number of carbonyl (C=O) groups excluding carboxylic acids is 1. The van der Waals surface area contributed by atoms with Gasteiger partial charge in [-0.25, -0.2) is 14.6 Å². The van der Waals surface area contributed by atoms with E-state index in [0.29, 0.717) is 5.56 Å². The van der Waals surface area contributed by atoms with E-state index in [1.807, 2.05) is 0 Å². The van der Waals surface area contributed by atoms with Gasteiger partial charge in [0.2, 0.25) is 5.69 Å². The first-order chi connectivity index (χ1) is 15.8. The zero-order chi connectivity index (χ0) is 24.0. The lowest BCUT2D eigenvalue weighted by molar-refractivity contribution is -0.393. The van der Waals surface area contributed by atoms with E-state index in [2.05, 4.69) is 10.3 Å². The number of nitro groups is 2. The van der Waals surface area contributed by atoms with Gasteiger partial charge in [0.05, 0.1) is 16.2 Å². The normalized spacial score (nSPS) is 11.4. The predicted molar refractivity (Wildman–Crippen MR) is 112 cm³/mol. The topological polar surface area (TPSA) is 180 Å². The highest BCUT2D eigenvalue weighted by molar-refractivity contribution is 5.80. The van der Waals surface area contributed by atoms with E-state index in [1.165, 1.54) is 12.3 Å². The fraction of sp³-hybridized carbons (Fsp3) is 0.150. The molecule has 1 amide bonds. The molecule has 0 aliphatic carbocycles. The predicted octanol–water partition coefficient (Wildman–Crippen LogP) is 2.61. The fourth-order valence-electron chi connectivity index (χ4n) is 3.05. The van der Waals surface area contributed by atoms with Gasteiger partial charge in [-0.05, 0) is 11.6 Å². The first kappa shape index (κ1) is 22.9. The summed E-state index contributed by atoms with van der Waals surface area (Å²) in [6.45, 7) is -0.0840. The Bertz CT molecular complexity index is 1160. The molecule has 3 rings (SSSR count). The quantitative estimate of drug-likeness (QED) is 0.362. The number of carboxylic acids is 1. The van der Waals surface area contributed by atoms with Crippen LogP contribution in [0.3, 0.4) is 0 Å². The minimum absolute atomic E-state index is 0.0840. The number of aliphatic carboxylic acids is 1. The second-order valence-corrected chi connectivity index (χ2v) is 6.72. The number of alkyl carbamates (subject to hydrolysis) is 1. The Kier molecular flexibility index (Phi) is 6.93. The molecule has 1 atom stereocenters. The Morgan fingerprint density at radius 3 is 2.27 bits per heavy atom. The minimum Gasteiger partial charge on any atom is -0.480 e. The third-order valence-electron chi connectivity index (χ3n) is 4.56. The minimum atomic E-state index is -1.49. The van der Waals surface area contributed by atoms with Crippen molar-refractivity contribution < 1.29 is 29.3 Å². The Balaban J connectivity index is 1.84. The molecule has 33 heavy (non-hydrogen) atoms. The number of benzene rings is 2. The number of imidazole rings is 1. The maximum absolute atomic E-state index is 12.1. The van der Waals surface area contributed by atoms with Crippen LogP contribution in [0.2, 0.25) is 0 Å². The molecule has 2 N–H and O–H groups in total. The molecule has 0 unspecified atom stereocenters. The van der Waals surface area contributed by atoms with E-state index in [4.69, 9.17) is 4.74 Å². The van der Waals surface area contributed by atoms with E-state index in [-0.39, 0.29) is 24.4 Å². The van der Waals surface area contributed by atoms with Crippen LogP contribution in [-0.2, 0) is 22.6 Å². The van der Waals surface area contributed by atoms with Crippen molar-refractivity contribution in [3.05, 3.63) is 92.5 Å². The molecular weight excluding hydrogens is 438 g/mol. The molecular formula is C20H17N5O8. The van der Waals surface area contributed by atoms with Gasteiger partial charge in [-0.15, -0.1) is 0 Å². The molecule has 0 saturated heterocycles. The van der Waals surface area contributed by atoms with Gasteiger partial charge < -0.3 is 15.2 Å². The van der Waals surface area contributed by atoms with Crippen molar-refractivity contribution >= 4 is 23.4 Å². The molecule has 1 aromatic heterocycles. The van der Waals surface area contributed by atoms with Crippen LogP contribution in [0.5, 0.6) is 0 Å². The van der Waals surface area contributed by atoms with Crippen molar-refractivity contribution in [3.63, 3.8) is 0 Å². The van der Waals surface area contributed by atoms with Gasteiger partial charge in [0.1, 0.15) is 12.6 Å². The summed E-state index contributed by atoms with van der Waals surface area (Å²) < 4.78 is 6.09. The van der Waals surface area contributed by atoms with E-state index in [0.717, 1.165) is 23.0 Å². The van der Waals surface area contributed by atoms with E-state index >= 15 is 0 Å². The molecule has 1 heterocycles. The molecule has 0 aliphatic heterocycles. The number of aromatic nitrogens is 2. The first-order valence-electron chi connectivity index (χ1n) is 9.41. The van der Waals surface area contributed by atoms with Crippen LogP contribution in [0.15, 0.2) is 61.1 Å². The van der Waals surface area contributed by atoms with Crippen LogP contribution in [0, 0.1) is 20.2 Å². The summed E-state index contributed by atoms with van der Waals surface area (Å²) >= 11 is 0. The van der Waals surface area contributed by atoms with Gasteiger partial charge in [-0.1, -0.05) is 30.3 Å². The highest BCUT2D eigenvalue weighted by Crippen LogP contribution is 2.33. The summed E-state index contributed by atoms with van der Waals surface area (Å²) in [5, 5.41) is 34.6. The standard InChI is InChI=1S/C20H17N5O8/c26-19(27)15(22-20(28)33-11-13-5-2-1-3-6-13)9-14-10-21-12-23(14)18-16(24(29)30)7-4-8-17(18)25(31)32/h1-8,10,12,15H,9,11H2,(H,22,28)(H,26,27)/t15-/m0/s1. The van der Waals surface area contributed by atoms with Gasteiger partial charge in [0.25, 0.3) is 11.4 Å². The fourth-order valence-corrected chi connectivity index (χ4v) is 3.05. The summed E-state index contributed by atoms with van der Waals surface area (Å²) in [7, 11) is 0. The number of nitro benzene ring substituents is 2. The van der Waals surface area contributed by atoms with Crippen LogP contribution in [-0.4, -0.2) is 42.6 Å². The van der Waals surface area contributed by atoms with Crippen molar-refractivity contribution in [2.45, 2.75) is 19.1 Å². The van der Waals surface area contributed by atoms with E-state index < -0.39 is 39.3 Å². The van der Waals surface area contributed by atoms with Crippen molar-refractivity contribution in [2.75, 3.05) is 0 Å². The molecule has 2 aromatic carbocycles. The average molecular weight is 455 g/mol. The second kappa shape index (κ2) is 10.00. The van der Waals surface area contributed by atoms with Gasteiger partial charge in [-0.3, -0.25) is 24.8 Å². The number of carbonyl (C=O) groups is 2. The SMILES string of the molecule is O=C(N[C@@H](Cc1cncn1-c1c([N+](=O)[O-])cccc1[N+](=O)[O-])C(=O)O)OCc1ccccc1. The summed E-state index contributed by atoms with van der Waals surface area (Å²) in [5.41, 5.74) is -0.726. The Labute approximate surface area is 185 Å². The van der Waals surface area contributed by atoms with E-state index in [1.54, 1.807) is 30.3 Å². The van der Waals surface area contributed by atoms with Crippen molar-refractivity contribution in [3.8, 4) is 5.69 Å². The highest BCUT2D eigenvalue weighted by atomic mass is 16.6. The van der Waals surface area contributed by atoms with Crippen molar-refractivity contribution in [1.29, 1.82) is 0 Å². The summed E-state index contributed by atoms with van der Waals surface area (Å²) in [6.07, 6.45) is 0.929. The van der Waals surface area contributed by atoms with Crippen molar-refractivity contribution in [1.82, 2.24) is 14.9 Å². The largest absolute Gasteiger partial charge is 0.480 e. The van der Waals surface area contributed by atoms with E-state index in [9.17, 15) is 34.9 Å². The molecule has 0 saturated carbocycles. The van der Waals surface area contributed by atoms with Gasteiger partial charge >= 0.3 is 12.1 Å². The monoisotopic (exact) mass is 455 g/mol. The molecule has 170 valence electrons. The second-order valence-electron chi connectivity index (χ2n) is 6.72. The Morgan fingerprint density at radius 2 is 1.70 bits per heavy atom. The lowest BCUT2D eigenvalue weighted by Gasteiger charge is -2.16. The zero-order valence-electron chi connectivity index (χ0n) is 16.9. The number of nitrogens with zero attached hydrogens (tertiary/aromatic N) is 4. The number of rotatable bonds is 9. The van der Waals surface area contributed by atoms with Crippen LogP contribution < -0.4 is 5.32 Å². The number of carboxylic acid groups (broad SMARTS) is 1. The molecule has 0 radical (unpaired) electrons. The molecule has 13 heteroatoms. The molecule has 0 spiro atoms. The molecule has 0 aliphatic rings. The van der Waals surface area contributed by atoms with Crippen LogP contribution in [0.4, 0.5) is 16.2 Å². The average Bonchev–Trinajstić information content (AvgIpc) is 3.25. The maximum atomic E-state index is 12.1. The van der Waals surface area contributed by atoms with Gasteiger partial charge in [-0.2, -0.15) is 0 Å². The lowest BCUT2D eigenvalue weighted by atomic mass is 10.1. The molecule has 0 fully saturated rings. The van der Waals surface area contributed by atoms with Crippen LogP contribution in [0.25, 0.3) is 5.69 Å². The van der Waals surface area contributed by atoms with Crippen LogP contribution >= 0.6 is 0 Å². The smallest absolute Gasteiger partial charge is 0.408 e. The summed E-state index contributed by atoms with van der Waals surface area (Å²) in [5.74, 6) is -1.41. The number of hydrogen-bond acceptors (Lipinski definition) is 8. The molecule has 13 nitrogen and oxygen atoms in total. The Hall–Kier alpha value is -4.81. The molecule has 3 aromatic rings. The number of para-hydroxylation sites is 1. The van der Waals surface area contributed by atoms with Crippen LogP contribution in [0.1, 0.15) is 11.3 Å². The third kappa shape index (κ3) is 5.46. The Morgan fingerprint density at radius 1 is 1.06 bits per heavy atom. The zero-order valence-corrected chi connectivity index (χ0v) is 16.9. The van der Waals surface area contributed by atoms with Gasteiger partial charge in [0, 0.05) is 30.4 Å². The number of ether oxygens (including phenoxy) is 1.